The van der Waals surface area contributed by atoms with Crippen LogP contribution in [-0.2, 0) is 0 Å². The van der Waals surface area contributed by atoms with Gasteiger partial charge in [-0.15, -0.1) is 0 Å². The van der Waals surface area contributed by atoms with Gasteiger partial charge in [-0.3, -0.25) is 0 Å². The first-order valence-electron chi connectivity index (χ1n) is 5.84. The Labute approximate surface area is 119 Å². The minimum absolute atomic E-state index is 0.710. The fourth-order valence-electron chi connectivity index (χ4n) is 2.04. The van der Waals surface area contributed by atoms with Gasteiger partial charge in [-0.25, -0.2) is 9.97 Å². The highest BCUT2D eigenvalue weighted by Gasteiger charge is 2.10. The van der Waals surface area contributed by atoms with Gasteiger partial charge in [0, 0.05) is 16.2 Å². The Hall–Kier alpha value is -1.88. The van der Waals surface area contributed by atoms with E-state index in [1.54, 1.807) is 7.11 Å². The molecule has 0 unspecified atom stereocenters. The Morgan fingerprint density at radius 3 is 2.58 bits per heavy atom. The fourth-order valence-corrected chi connectivity index (χ4v) is 2.63. The Morgan fingerprint density at radius 1 is 1.16 bits per heavy atom. The van der Waals surface area contributed by atoms with Crippen LogP contribution in [0.15, 0.2) is 34.9 Å². The third-order valence-electron chi connectivity index (χ3n) is 3.01. The van der Waals surface area contributed by atoms with E-state index in [9.17, 15) is 0 Å². The molecule has 4 nitrogen and oxygen atoms in total. The third-order valence-corrected chi connectivity index (χ3v) is 3.64. The van der Waals surface area contributed by atoms with Crippen LogP contribution in [0.1, 0.15) is 5.69 Å². The first-order valence-corrected chi connectivity index (χ1v) is 6.64. The van der Waals surface area contributed by atoms with E-state index in [1.165, 1.54) is 0 Å². The SMILES string of the molecule is COc1ccc(-c2nc(C)c3c(Br)c[nH]c3n2)cc1. The summed E-state index contributed by atoms with van der Waals surface area (Å²) in [7, 11) is 1.65. The van der Waals surface area contributed by atoms with E-state index < -0.39 is 0 Å². The molecule has 3 aromatic rings. The summed E-state index contributed by atoms with van der Waals surface area (Å²) in [6.07, 6.45) is 1.88. The topological polar surface area (TPSA) is 50.8 Å². The van der Waals surface area contributed by atoms with Gasteiger partial charge < -0.3 is 9.72 Å². The Bertz CT molecular complexity index is 734. The van der Waals surface area contributed by atoms with Gasteiger partial charge in [0.15, 0.2) is 5.82 Å². The molecule has 0 aliphatic heterocycles. The maximum absolute atomic E-state index is 5.15. The number of rotatable bonds is 2. The molecule has 19 heavy (non-hydrogen) atoms. The third kappa shape index (κ3) is 2.10. The number of nitrogens with one attached hydrogen (secondary N) is 1. The molecule has 0 saturated heterocycles. The molecule has 1 aromatic carbocycles. The van der Waals surface area contributed by atoms with Crippen molar-refractivity contribution in [3.63, 3.8) is 0 Å². The molecule has 0 bridgehead atoms. The number of hydrogen-bond donors (Lipinski definition) is 1. The van der Waals surface area contributed by atoms with Crippen LogP contribution in [-0.4, -0.2) is 22.1 Å². The largest absolute Gasteiger partial charge is 0.497 e. The number of fused-ring (bicyclic) bond motifs is 1. The van der Waals surface area contributed by atoms with E-state index in [0.29, 0.717) is 5.82 Å². The molecule has 0 aliphatic rings. The van der Waals surface area contributed by atoms with Crippen molar-refractivity contribution in [3.8, 4) is 17.1 Å². The van der Waals surface area contributed by atoms with Crippen LogP contribution in [0.2, 0.25) is 0 Å². The number of hydrogen-bond acceptors (Lipinski definition) is 3. The predicted octanol–water partition coefficient (Wildman–Crippen LogP) is 3.70. The van der Waals surface area contributed by atoms with Crippen LogP contribution in [0.5, 0.6) is 5.75 Å². The Morgan fingerprint density at radius 2 is 1.89 bits per heavy atom. The summed E-state index contributed by atoms with van der Waals surface area (Å²) < 4.78 is 6.14. The molecule has 5 heteroatoms. The lowest BCUT2D eigenvalue weighted by molar-refractivity contribution is 0.415. The summed E-state index contributed by atoms with van der Waals surface area (Å²) in [4.78, 5) is 12.2. The monoisotopic (exact) mass is 317 g/mol. The van der Waals surface area contributed by atoms with Crippen LogP contribution < -0.4 is 4.74 Å². The van der Waals surface area contributed by atoms with Crippen LogP contribution in [0.25, 0.3) is 22.4 Å². The van der Waals surface area contributed by atoms with Crippen molar-refractivity contribution in [2.75, 3.05) is 7.11 Å². The second-order valence-electron chi connectivity index (χ2n) is 4.22. The van der Waals surface area contributed by atoms with E-state index in [-0.39, 0.29) is 0 Å². The zero-order valence-corrected chi connectivity index (χ0v) is 12.2. The number of nitrogens with zero attached hydrogens (tertiary/aromatic N) is 2. The maximum atomic E-state index is 5.15. The molecule has 0 radical (unpaired) electrons. The number of methoxy groups -OCH3 is 1. The highest BCUT2D eigenvalue weighted by Crippen LogP contribution is 2.27. The molecule has 96 valence electrons. The molecule has 3 rings (SSSR count). The summed E-state index contributed by atoms with van der Waals surface area (Å²) in [6.45, 7) is 1.98. The lowest BCUT2D eigenvalue weighted by atomic mass is 10.2. The predicted molar refractivity (Wildman–Crippen MR) is 78.3 cm³/mol. The molecule has 0 aliphatic carbocycles. The summed E-state index contributed by atoms with van der Waals surface area (Å²) in [5, 5.41) is 1.03. The molecular formula is C14H12BrN3O. The Balaban J connectivity index is 2.14. The van der Waals surface area contributed by atoms with Crippen LogP contribution in [0.4, 0.5) is 0 Å². The van der Waals surface area contributed by atoms with Crippen molar-refractivity contribution >= 4 is 27.0 Å². The quantitative estimate of drug-likeness (QED) is 0.784. The first kappa shape index (κ1) is 12.2. The first-order chi connectivity index (χ1) is 9.19. The van der Waals surface area contributed by atoms with E-state index in [1.807, 2.05) is 37.4 Å². The molecule has 0 fully saturated rings. The fraction of sp³-hybridized carbons (Fsp3) is 0.143. The number of ether oxygens (including phenoxy) is 1. The van der Waals surface area contributed by atoms with Crippen LogP contribution in [0.3, 0.4) is 0 Å². The maximum Gasteiger partial charge on any atom is 0.161 e. The van der Waals surface area contributed by atoms with Gasteiger partial charge in [0.2, 0.25) is 0 Å². The molecule has 0 amide bonds. The molecule has 0 atom stereocenters. The average molecular weight is 318 g/mol. The number of halogens is 1. The van der Waals surface area contributed by atoms with Crippen molar-refractivity contribution in [1.82, 2.24) is 15.0 Å². The lowest BCUT2D eigenvalue weighted by Gasteiger charge is -2.04. The van der Waals surface area contributed by atoms with Gasteiger partial charge in [0.05, 0.1) is 18.2 Å². The van der Waals surface area contributed by atoms with Gasteiger partial charge >= 0.3 is 0 Å². The average Bonchev–Trinajstić information content (AvgIpc) is 2.81. The van der Waals surface area contributed by atoms with Crippen molar-refractivity contribution in [3.05, 3.63) is 40.6 Å². The molecule has 2 heterocycles. The smallest absolute Gasteiger partial charge is 0.161 e. The lowest BCUT2D eigenvalue weighted by Crippen LogP contribution is -1.93. The summed E-state index contributed by atoms with van der Waals surface area (Å²) in [5.74, 6) is 1.53. The number of aryl methyl sites for hydroxylation is 1. The second-order valence-corrected chi connectivity index (χ2v) is 5.08. The molecule has 1 N–H and O–H groups in total. The van der Waals surface area contributed by atoms with E-state index in [2.05, 4.69) is 30.9 Å². The Kier molecular flexibility index (Phi) is 2.98. The van der Waals surface area contributed by atoms with E-state index in [0.717, 1.165) is 32.5 Å². The van der Waals surface area contributed by atoms with Crippen molar-refractivity contribution in [1.29, 1.82) is 0 Å². The zero-order valence-electron chi connectivity index (χ0n) is 10.6. The zero-order chi connectivity index (χ0) is 13.4. The number of H-pyrrole nitrogens is 1. The highest BCUT2D eigenvalue weighted by molar-refractivity contribution is 9.10. The summed E-state index contributed by atoms with van der Waals surface area (Å²) in [5.41, 5.74) is 2.76. The van der Waals surface area contributed by atoms with Gasteiger partial charge in [-0.2, -0.15) is 0 Å². The second kappa shape index (κ2) is 4.66. The van der Waals surface area contributed by atoms with Gasteiger partial charge in [-0.1, -0.05) is 0 Å². The standard InChI is InChI=1S/C14H12BrN3O/c1-8-12-11(15)7-16-14(12)18-13(17-8)9-3-5-10(19-2)6-4-9/h3-7H,1-2H3,(H,16,17,18). The van der Waals surface area contributed by atoms with Gasteiger partial charge in [0.1, 0.15) is 11.4 Å². The minimum Gasteiger partial charge on any atom is -0.497 e. The number of benzene rings is 1. The molecule has 2 aromatic heterocycles. The summed E-state index contributed by atoms with van der Waals surface area (Å²) >= 11 is 3.49. The minimum atomic E-state index is 0.710. The van der Waals surface area contributed by atoms with Crippen molar-refractivity contribution in [2.24, 2.45) is 0 Å². The van der Waals surface area contributed by atoms with E-state index in [4.69, 9.17) is 4.74 Å². The molecule has 0 spiro atoms. The van der Waals surface area contributed by atoms with Crippen molar-refractivity contribution < 1.29 is 4.74 Å². The van der Waals surface area contributed by atoms with Crippen molar-refractivity contribution in [2.45, 2.75) is 6.92 Å². The van der Waals surface area contributed by atoms with Crippen LogP contribution >= 0.6 is 15.9 Å². The summed E-state index contributed by atoms with van der Waals surface area (Å²) in [6, 6.07) is 7.72. The van der Waals surface area contributed by atoms with Gasteiger partial charge in [-0.05, 0) is 47.1 Å². The molecule has 0 saturated carbocycles. The van der Waals surface area contributed by atoms with Gasteiger partial charge in [0.25, 0.3) is 0 Å². The van der Waals surface area contributed by atoms with Crippen LogP contribution in [0, 0.1) is 6.92 Å². The normalized spacial score (nSPS) is 10.9. The highest BCUT2D eigenvalue weighted by atomic mass is 79.9. The number of aromatic nitrogens is 3. The van der Waals surface area contributed by atoms with E-state index >= 15 is 0 Å². The molecular weight excluding hydrogens is 306 g/mol. The number of aromatic amines is 1.